The molecule has 0 atom stereocenters. The van der Waals surface area contributed by atoms with Gasteiger partial charge in [-0.05, 0) is 25.0 Å². The molecule has 0 saturated carbocycles. The van der Waals surface area contributed by atoms with Gasteiger partial charge in [0.05, 0.1) is 18.4 Å². The number of halogens is 2. The normalized spacial score (nSPS) is 17.8. The highest BCUT2D eigenvalue weighted by atomic mass is 32.1. The van der Waals surface area contributed by atoms with E-state index in [4.69, 9.17) is 10.5 Å². The van der Waals surface area contributed by atoms with E-state index in [1.165, 1.54) is 17.6 Å². The summed E-state index contributed by atoms with van der Waals surface area (Å²) >= 11 is 1.08. The lowest BCUT2D eigenvalue weighted by molar-refractivity contribution is -0.0800. The molecule has 1 spiro atoms. The summed E-state index contributed by atoms with van der Waals surface area (Å²) in [6.07, 6.45) is 2.99. The van der Waals surface area contributed by atoms with Crippen LogP contribution in [0.15, 0.2) is 29.8 Å². The average molecular weight is 490 g/mol. The molecule has 1 aromatic carbocycles. The molecule has 0 radical (unpaired) electrons. The number of para-hydroxylation sites is 1. The topological polar surface area (TPSA) is 102 Å². The number of nitrogens with one attached hydrogen (secondary N) is 1. The predicted molar refractivity (Wildman–Crippen MR) is 126 cm³/mol. The molecule has 5 rings (SSSR count). The van der Waals surface area contributed by atoms with Gasteiger partial charge in [0.25, 0.3) is 5.91 Å². The van der Waals surface area contributed by atoms with Crippen LogP contribution in [0.25, 0.3) is 0 Å². The molecular formula is C22H25F2N7O2S. The van der Waals surface area contributed by atoms with Crippen LogP contribution in [0.1, 0.15) is 23.3 Å². The third-order valence-electron chi connectivity index (χ3n) is 6.34. The number of anilines is 4. The van der Waals surface area contributed by atoms with Crippen molar-refractivity contribution in [3.63, 3.8) is 0 Å². The summed E-state index contributed by atoms with van der Waals surface area (Å²) in [5.74, 6) is -1.85. The summed E-state index contributed by atoms with van der Waals surface area (Å²) in [7, 11) is 1.74. The van der Waals surface area contributed by atoms with Crippen LogP contribution in [0.3, 0.4) is 0 Å². The van der Waals surface area contributed by atoms with Crippen molar-refractivity contribution in [2.75, 3.05) is 48.3 Å². The number of morpholine rings is 1. The van der Waals surface area contributed by atoms with Crippen LogP contribution in [-0.4, -0.2) is 59.1 Å². The molecule has 0 aliphatic carbocycles. The first-order valence-corrected chi connectivity index (χ1v) is 11.9. The van der Waals surface area contributed by atoms with E-state index in [9.17, 15) is 13.6 Å². The molecule has 180 valence electrons. The van der Waals surface area contributed by atoms with Crippen molar-refractivity contribution in [2.24, 2.45) is 7.05 Å². The Bertz CT molecular complexity index is 1180. The van der Waals surface area contributed by atoms with Crippen LogP contribution in [0.4, 0.5) is 31.1 Å². The number of benzene rings is 1. The number of carbonyl (C=O) groups excluding carboxylic acids is 1. The quantitative estimate of drug-likeness (QED) is 0.581. The molecule has 2 aliphatic heterocycles. The minimum Gasteiger partial charge on any atom is -0.375 e. The van der Waals surface area contributed by atoms with E-state index in [1.54, 1.807) is 11.7 Å². The summed E-state index contributed by atoms with van der Waals surface area (Å²) in [5.41, 5.74) is 5.28. The monoisotopic (exact) mass is 489 g/mol. The zero-order valence-corrected chi connectivity index (χ0v) is 19.4. The minimum atomic E-state index is -0.870. The highest BCUT2D eigenvalue weighted by Gasteiger charge is 2.39. The van der Waals surface area contributed by atoms with Crippen molar-refractivity contribution in [1.29, 1.82) is 0 Å². The fraction of sp³-hybridized carbons (Fsp3) is 0.409. The molecule has 2 saturated heterocycles. The number of hydrogen-bond donors (Lipinski definition) is 2. The molecular weight excluding hydrogens is 464 g/mol. The molecule has 3 N–H and O–H groups in total. The molecule has 34 heavy (non-hydrogen) atoms. The first-order chi connectivity index (χ1) is 16.4. The molecule has 2 aromatic heterocycles. The van der Waals surface area contributed by atoms with Gasteiger partial charge in [-0.15, -0.1) is 11.3 Å². The van der Waals surface area contributed by atoms with E-state index in [2.05, 4.69) is 20.3 Å². The number of aromatic nitrogens is 3. The van der Waals surface area contributed by atoms with Crippen molar-refractivity contribution in [3.05, 3.63) is 47.1 Å². The Morgan fingerprint density at radius 1 is 1.29 bits per heavy atom. The highest BCUT2D eigenvalue weighted by molar-refractivity contribution is 7.13. The maximum Gasteiger partial charge on any atom is 0.282 e. The fourth-order valence-corrected chi connectivity index (χ4v) is 5.17. The smallest absolute Gasteiger partial charge is 0.282 e. The van der Waals surface area contributed by atoms with Crippen molar-refractivity contribution in [3.8, 4) is 0 Å². The highest BCUT2D eigenvalue weighted by Crippen LogP contribution is 2.40. The third-order valence-corrected chi connectivity index (χ3v) is 7.02. The van der Waals surface area contributed by atoms with Crippen LogP contribution >= 0.6 is 11.3 Å². The van der Waals surface area contributed by atoms with Gasteiger partial charge in [-0.25, -0.2) is 13.8 Å². The van der Waals surface area contributed by atoms with Crippen LogP contribution in [-0.2, 0) is 11.8 Å². The van der Waals surface area contributed by atoms with E-state index in [1.807, 2.05) is 0 Å². The number of aryl methyl sites for hydroxylation is 1. The summed E-state index contributed by atoms with van der Waals surface area (Å²) < 4.78 is 37.6. The Morgan fingerprint density at radius 2 is 2.03 bits per heavy atom. The van der Waals surface area contributed by atoms with E-state index >= 15 is 0 Å². The second kappa shape index (κ2) is 8.93. The van der Waals surface area contributed by atoms with Crippen LogP contribution in [0.2, 0.25) is 0 Å². The van der Waals surface area contributed by atoms with E-state index < -0.39 is 23.2 Å². The molecule has 4 heterocycles. The molecule has 3 aromatic rings. The Hall–Kier alpha value is -3.09. The van der Waals surface area contributed by atoms with Crippen LogP contribution in [0.5, 0.6) is 0 Å². The van der Waals surface area contributed by atoms with Gasteiger partial charge in [0.15, 0.2) is 10.9 Å². The van der Waals surface area contributed by atoms with Gasteiger partial charge in [-0.3, -0.25) is 14.4 Å². The molecule has 0 unspecified atom stereocenters. The second-order valence-corrected chi connectivity index (χ2v) is 9.34. The van der Waals surface area contributed by atoms with Gasteiger partial charge in [-0.2, -0.15) is 5.10 Å². The number of ether oxygens (including phenoxy) is 1. The Kier molecular flexibility index (Phi) is 5.96. The maximum absolute atomic E-state index is 14.9. The summed E-state index contributed by atoms with van der Waals surface area (Å²) in [5, 5.41) is 9.38. The van der Waals surface area contributed by atoms with E-state index in [0.29, 0.717) is 25.5 Å². The molecule has 1 amide bonds. The lowest BCUT2D eigenvalue weighted by atomic mass is 9.90. The minimum absolute atomic E-state index is 0.000710. The Balaban J connectivity index is 1.55. The zero-order chi connectivity index (χ0) is 23.9. The summed E-state index contributed by atoms with van der Waals surface area (Å²) in [6, 6.07) is 3.48. The molecule has 9 nitrogen and oxygen atoms in total. The number of nitrogens with two attached hydrogens (primary N) is 1. The van der Waals surface area contributed by atoms with Gasteiger partial charge < -0.3 is 20.7 Å². The van der Waals surface area contributed by atoms with Gasteiger partial charge in [-0.1, -0.05) is 6.07 Å². The van der Waals surface area contributed by atoms with Gasteiger partial charge >= 0.3 is 0 Å². The Labute approximate surface area is 199 Å². The lowest BCUT2D eigenvalue weighted by Crippen LogP contribution is -2.56. The number of nitrogen functional groups attached to an aromatic ring is 1. The van der Waals surface area contributed by atoms with Crippen molar-refractivity contribution in [2.45, 2.75) is 18.4 Å². The van der Waals surface area contributed by atoms with Crippen molar-refractivity contribution in [1.82, 2.24) is 20.1 Å². The summed E-state index contributed by atoms with van der Waals surface area (Å²) in [6.45, 7) is 3.57. The number of amides is 1. The SMILES string of the molecule is Cn1ncc(N(C(=O)c2csc(N)n2)c2c(F)cccc2F)c1N1CCC2(CC1)CNCCO2. The first kappa shape index (κ1) is 22.7. The van der Waals surface area contributed by atoms with Crippen LogP contribution in [0, 0.1) is 11.6 Å². The number of piperidine rings is 1. The predicted octanol–water partition coefficient (Wildman–Crippen LogP) is 2.67. The second-order valence-electron chi connectivity index (χ2n) is 8.45. The standard InChI is InChI=1S/C22H25F2N7O2S/c1-29-19(30-8-5-22(6-9-30)13-26-7-10-33-22)17(11-27-29)31(18-14(23)3-2-4-15(18)24)20(32)16-12-34-21(25)28-16/h2-4,11-12,26H,5-10,13H2,1H3,(H2,25,28). The largest absolute Gasteiger partial charge is 0.375 e. The van der Waals surface area contributed by atoms with Gasteiger partial charge in [0, 0.05) is 38.6 Å². The average Bonchev–Trinajstić information content (AvgIpc) is 3.43. The number of nitrogens with zero attached hydrogens (tertiary/aromatic N) is 5. The number of carbonyl (C=O) groups is 1. The number of rotatable bonds is 4. The molecule has 2 fully saturated rings. The maximum atomic E-state index is 14.9. The first-order valence-electron chi connectivity index (χ1n) is 11.0. The van der Waals surface area contributed by atoms with Crippen molar-refractivity contribution < 1.29 is 18.3 Å². The van der Waals surface area contributed by atoms with Gasteiger partial charge in [0.1, 0.15) is 28.7 Å². The zero-order valence-electron chi connectivity index (χ0n) is 18.6. The van der Waals surface area contributed by atoms with Gasteiger partial charge in [0.2, 0.25) is 0 Å². The van der Waals surface area contributed by atoms with Crippen LogP contribution < -0.4 is 20.9 Å². The fourth-order valence-electron chi connectivity index (χ4n) is 4.63. The molecule has 0 bridgehead atoms. The lowest BCUT2D eigenvalue weighted by Gasteiger charge is -2.45. The number of thiazole rings is 1. The molecule has 12 heteroatoms. The van der Waals surface area contributed by atoms with Crippen molar-refractivity contribution >= 4 is 39.6 Å². The third kappa shape index (κ3) is 4.01. The van der Waals surface area contributed by atoms with E-state index in [0.717, 1.165) is 54.3 Å². The Morgan fingerprint density at radius 3 is 2.65 bits per heavy atom. The number of hydrogen-bond acceptors (Lipinski definition) is 8. The van der Waals surface area contributed by atoms with E-state index in [-0.39, 0.29) is 22.1 Å². The molecule has 2 aliphatic rings. The summed E-state index contributed by atoms with van der Waals surface area (Å²) in [4.78, 5) is 20.7.